The van der Waals surface area contributed by atoms with Gasteiger partial charge < -0.3 is 9.72 Å². The first-order valence-corrected chi connectivity index (χ1v) is 7.56. The van der Waals surface area contributed by atoms with E-state index in [9.17, 15) is 4.79 Å². The Kier molecular flexibility index (Phi) is 3.87. The highest BCUT2D eigenvalue weighted by atomic mass is 79.9. The number of hydrogen-bond acceptors (Lipinski definition) is 2. The van der Waals surface area contributed by atoms with Crippen molar-refractivity contribution in [3.8, 4) is 0 Å². The minimum atomic E-state index is 0.0970. The first-order valence-electron chi connectivity index (χ1n) is 6.77. The summed E-state index contributed by atoms with van der Waals surface area (Å²) in [6, 6.07) is 3.90. The minimum Gasteiger partial charge on any atom is -0.350 e. The topological polar surface area (TPSA) is 46.4 Å². The molecule has 1 atom stereocenters. The van der Waals surface area contributed by atoms with E-state index >= 15 is 0 Å². The van der Waals surface area contributed by atoms with Gasteiger partial charge in [0.2, 0.25) is 5.91 Å². The summed E-state index contributed by atoms with van der Waals surface area (Å²) in [5.41, 5.74) is 1.76. The Morgan fingerprint density at radius 2 is 2.35 bits per heavy atom. The molecule has 4 nitrogen and oxygen atoms in total. The van der Waals surface area contributed by atoms with Gasteiger partial charge in [-0.1, -0.05) is 12.2 Å². The van der Waals surface area contributed by atoms with Crippen molar-refractivity contribution in [2.45, 2.75) is 25.8 Å². The van der Waals surface area contributed by atoms with E-state index < -0.39 is 0 Å². The lowest BCUT2D eigenvalue weighted by Crippen LogP contribution is -2.24. The highest BCUT2D eigenvalue weighted by molar-refractivity contribution is 9.10. The van der Waals surface area contributed by atoms with Gasteiger partial charge in [0, 0.05) is 23.3 Å². The molecule has 0 radical (unpaired) electrons. The van der Waals surface area contributed by atoms with E-state index in [2.05, 4.69) is 38.4 Å². The van der Waals surface area contributed by atoms with Crippen molar-refractivity contribution in [2.75, 3.05) is 0 Å². The highest BCUT2D eigenvalue weighted by Gasteiger charge is 2.14. The smallest absolute Gasteiger partial charge is 0.220 e. The fourth-order valence-electron chi connectivity index (χ4n) is 2.47. The van der Waals surface area contributed by atoms with E-state index in [1.165, 1.54) is 0 Å². The maximum Gasteiger partial charge on any atom is 0.220 e. The summed E-state index contributed by atoms with van der Waals surface area (Å²) in [4.78, 5) is 16.3. The van der Waals surface area contributed by atoms with Crippen LogP contribution in [0.1, 0.15) is 25.0 Å². The molecule has 3 rings (SSSR count). The van der Waals surface area contributed by atoms with Crippen LogP contribution in [0.4, 0.5) is 0 Å². The highest BCUT2D eigenvalue weighted by Crippen LogP contribution is 2.20. The first-order chi connectivity index (χ1) is 9.70. The lowest BCUT2D eigenvalue weighted by Gasteiger charge is -2.07. The van der Waals surface area contributed by atoms with E-state index in [1.807, 2.05) is 28.9 Å². The number of imidazole rings is 1. The average Bonchev–Trinajstić information content (AvgIpc) is 3.04. The maximum atomic E-state index is 11.9. The molecule has 5 heteroatoms. The largest absolute Gasteiger partial charge is 0.350 e. The second-order valence-corrected chi connectivity index (χ2v) is 6.01. The third kappa shape index (κ3) is 3.10. The maximum absolute atomic E-state index is 11.9. The summed E-state index contributed by atoms with van der Waals surface area (Å²) in [5, 5.41) is 2.94. The zero-order valence-corrected chi connectivity index (χ0v) is 12.6. The molecule has 2 heterocycles. The summed E-state index contributed by atoms with van der Waals surface area (Å²) >= 11 is 3.43. The third-order valence-corrected chi connectivity index (χ3v) is 3.96. The molecule has 1 amide bonds. The first kappa shape index (κ1) is 13.4. The predicted octanol–water partition coefficient (Wildman–Crippen LogP) is 3.07. The number of carbonyl (C=O) groups is 1. The van der Waals surface area contributed by atoms with Crippen LogP contribution in [-0.2, 0) is 11.3 Å². The zero-order chi connectivity index (χ0) is 13.9. The Morgan fingerprint density at radius 1 is 1.45 bits per heavy atom. The molecule has 0 saturated carbocycles. The van der Waals surface area contributed by atoms with Gasteiger partial charge in [-0.05, 0) is 46.8 Å². The van der Waals surface area contributed by atoms with Gasteiger partial charge in [0.05, 0.1) is 12.2 Å². The summed E-state index contributed by atoms with van der Waals surface area (Å²) in [5.74, 6) is 0.506. The molecule has 1 N–H and O–H groups in total. The molecule has 0 bridgehead atoms. The van der Waals surface area contributed by atoms with Gasteiger partial charge in [0.15, 0.2) is 0 Å². The van der Waals surface area contributed by atoms with Crippen molar-refractivity contribution in [3.05, 3.63) is 46.8 Å². The fourth-order valence-corrected chi connectivity index (χ4v) is 2.82. The standard InChI is InChI=1S/C15H16BrN3O/c16-12-5-6-14-18-13(10-19(14)9-12)8-17-15(20)7-11-3-1-2-4-11/h1,3,5-6,9-11H,2,4,7-8H2,(H,17,20)/t11-/m0/s1. The number of nitrogens with zero attached hydrogens (tertiary/aromatic N) is 2. The van der Waals surface area contributed by atoms with Gasteiger partial charge in [-0.3, -0.25) is 4.79 Å². The quantitative estimate of drug-likeness (QED) is 0.874. The molecule has 104 valence electrons. The van der Waals surface area contributed by atoms with E-state index in [4.69, 9.17) is 0 Å². The molecule has 0 spiro atoms. The van der Waals surface area contributed by atoms with Crippen molar-refractivity contribution in [1.82, 2.24) is 14.7 Å². The van der Waals surface area contributed by atoms with Crippen LogP contribution in [0.25, 0.3) is 5.65 Å². The molecule has 20 heavy (non-hydrogen) atoms. The second-order valence-electron chi connectivity index (χ2n) is 5.09. The normalized spacial score (nSPS) is 17.8. The number of halogens is 1. The van der Waals surface area contributed by atoms with Gasteiger partial charge in [0.1, 0.15) is 5.65 Å². The van der Waals surface area contributed by atoms with Crippen LogP contribution < -0.4 is 5.32 Å². The number of aromatic nitrogens is 2. The SMILES string of the molecule is O=C(C[C@H]1C=CCC1)NCc1cn2cc(Br)ccc2n1. The Labute approximate surface area is 126 Å². The molecule has 1 aliphatic rings. The Bertz CT molecular complexity index is 662. The fraction of sp³-hybridized carbons (Fsp3) is 0.333. The van der Waals surface area contributed by atoms with Crippen molar-refractivity contribution < 1.29 is 4.79 Å². The van der Waals surface area contributed by atoms with Crippen molar-refractivity contribution in [3.63, 3.8) is 0 Å². The van der Waals surface area contributed by atoms with Crippen LogP contribution in [0.2, 0.25) is 0 Å². The van der Waals surface area contributed by atoms with E-state index in [0.717, 1.165) is 28.7 Å². The summed E-state index contributed by atoms with van der Waals surface area (Å²) in [6.07, 6.45) is 11.0. The van der Waals surface area contributed by atoms with Crippen LogP contribution in [0.3, 0.4) is 0 Å². The van der Waals surface area contributed by atoms with E-state index in [0.29, 0.717) is 18.9 Å². The number of amides is 1. The van der Waals surface area contributed by atoms with Gasteiger partial charge in [-0.2, -0.15) is 0 Å². The molecule has 1 aliphatic carbocycles. The second kappa shape index (κ2) is 5.79. The zero-order valence-electron chi connectivity index (χ0n) is 11.1. The molecule has 0 unspecified atom stereocenters. The number of carbonyl (C=O) groups excluding carboxylic acids is 1. The number of fused-ring (bicyclic) bond motifs is 1. The van der Waals surface area contributed by atoms with Crippen LogP contribution in [0.15, 0.2) is 41.2 Å². The van der Waals surface area contributed by atoms with Crippen LogP contribution in [0.5, 0.6) is 0 Å². The Hall–Kier alpha value is -1.62. The molecule has 2 aromatic heterocycles. The lowest BCUT2D eigenvalue weighted by molar-refractivity contribution is -0.121. The summed E-state index contributed by atoms with van der Waals surface area (Å²) in [7, 11) is 0. The van der Waals surface area contributed by atoms with E-state index in [-0.39, 0.29) is 5.91 Å². The van der Waals surface area contributed by atoms with Crippen molar-refractivity contribution in [1.29, 1.82) is 0 Å². The number of nitrogens with one attached hydrogen (secondary N) is 1. The van der Waals surface area contributed by atoms with E-state index in [1.54, 1.807) is 0 Å². The minimum absolute atomic E-state index is 0.0970. The Balaban J connectivity index is 1.58. The van der Waals surface area contributed by atoms with Crippen molar-refractivity contribution >= 4 is 27.5 Å². The lowest BCUT2D eigenvalue weighted by atomic mass is 10.1. The molecular weight excluding hydrogens is 318 g/mol. The van der Waals surface area contributed by atoms with Crippen LogP contribution >= 0.6 is 15.9 Å². The van der Waals surface area contributed by atoms with Gasteiger partial charge in [-0.15, -0.1) is 0 Å². The molecule has 0 fully saturated rings. The third-order valence-electron chi connectivity index (χ3n) is 3.49. The monoisotopic (exact) mass is 333 g/mol. The predicted molar refractivity (Wildman–Crippen MR) is 81.2 cm³/mol. The van der Waals surface area contributed by atoms with Gasteiger partial charge in [0.25, 0.3) is 0 Å². The number of hydrogen-bond donors (Lipinski definition) is 1. The molecular formula is C15H16BrN3O. The molecule has 0 saturated heterocycles. The van der Waals surface area contributed by atoms with Crippen LogP contribution in [-0.4, -0.2) is 15.3 Å². The number of pyridine rings is 1. The van der Waals surface area contributed by atoms with Gasteiger partial charge in [-0.25, -0.2) is 4.98 Å². The number of rotatable bonds is 4. The number of allylic oxidation sites excluding steroid dienone is 2. The average molecular weight is 334 g/mol. The van der Waals surface area contributed by atoms with Crippen molar-refractivity contribution in [2.24, 2.45) is 5.92 Å². The van der Waals surface area contributed by atoms with Crippen LogP contribution in [0, 0.1) is 5.92 Å². The Morgan fingerprint density at radius 3 is 3.15 bits per heavy atom. The molecule has 0 aliphatic heterocycles. The summed E-state index contributed by atoms with van der Waals surface area (Å²) in [6.45, 7) is 0.481. The molecule has 2 aromatic rings. The summed E-state index contributed by atoms with van der Waals surface area (Å²) < 4.78 is 2.96. The van der Waals surface area contributed by atoms with Gasteiger partial charge >= 0.3 is 0 Å². The molecule has 0 aromatic carbocycles.